The van der Waals surface area contributed by atoms with Crippen LogP contribution in [0.1, 0.15) is 0 Å². The molecule has 0 unspecified atom stereocenters. The molecule has 73 valence electrons. The maximum Gasteiger partial charge on any atom is 0.296 e. The number of nitrogens with two attached hydrogens (primary N) is 1. The second-order valence-electron chi connectivity index (χ2n) is 2.28. The Balaban J connectivity index is 0.00000169. The van der Waals surface area contributed by atoms with Crippen LogP contribution >= 0.6 is 23.2 Å². The first kappa shape index (κ1) is 14.5. The molecule has 0 aromatic heterocycles. The van der Waals surface area contributed by atoms with Crippen LogP contribution in [0.15, 0.2) is 17.0 Å². The average molecular weight is 265 g/mol. The fourth-order valence-electron chi connectivity index (χ4n) is 0.742. The van der Waals surface area contributed by atoms with Gasteiger partial charge in [0, 0.05) is 29.6 Å². The maximum atomic E-state index is 10.7. The van der Waals surface area contributed by atoms with Crippen molar-refractivity contribution in [3.05, 3.63) is 22.2 Å². The van der Waals surface area contributed by atoms with Crippen LogP contribution in [-0.4, -0.2) is 42.5 Å². The van der Waals surface area contributed by atoms with Crippen LogP contribution in [0.5, 0.6) is 0 Å². The first-order valence-electron chi connectivity index (χ1n) is 3.04. The second-order valence-corrected chi connectivity index (χ2v) is 4.48. The molecule has 0 spiro atoms. The molecule has 0 heterocycles. The van der Waals surface area contributed by atoms with Gasteiger partial charge >= 0.3 is 0 Å². The van der Waals surface area contributed by atoms with Gasteiger partial charge in [-0.25, -0.2) is 0 Å². The Morgan fingerprint density at radius 1 is 1.21 bits per heavy atom. The molecule has 0 amide bonds. The van der Waals surface area contributed by atoms with E-state index in [1.54, 1.807) is 0 Å². The zero-order valence-electron chi connectivity index (χ0n) is 7.16. The summed E-state index contributed by atoms with van der Waals surface area (Å²) >= 11 is 11.0. The SMILES string of the molecule is Nc1cc(Cl)c(S(=O)(=O)O)cc1Cl.[Na]. The van der Waals surface area contributed by atoms with Crippen LogP contribution in [-0.2, 0) is 10.1 Å². The van der Waals surface area contributed by atoms with E-state index in [1.165, 1.54) is 0 Å². The summed E-state index contributed by atoms with van der Waals surface area (Å²) in [5, 5.41) is -0.138. The van der Waals surface area contributed by atoms with E-state index >= 15 is 0 Å². The summed E-state index contributed by atoms with van der Waals surface area (Å²) in [7, 11) is -4.34. The van der Waals surface area contributed by atoms with E-state index in [2.05, 4.69) is 0 Å². The number of anilines is 1. The summed E-state index contributed by atoms with van der Waals surface area (Å²) in [6, 6.07) is 2.15. The predicted octanol–water partition coefficient (Wildman–Crippen LogP) is 1.44. The molecule has 1 radical (unpaired) electrons. The molecule has 3 N–H and O–H groups in total. The zero-order valence-corrected chi connectivity index (χ0v) is 11.5. The molecule has 0 fully saturated rings. The molecule has 0 bridgehead atoms. The fraction of sp³-hybridized carbons (Fsp3) is 0. The van der Waals surface area contributed by atoms with Gasteiger partial charge in [0.2, 0.25) is 0 Å². The van der Waals surface area contributed by atoms with Gasteiger partial charge in [-0.1, -0.05) is 23.2 Å². The first-order chi connectivity index (χ1) is 5.82. The summed E-state index contributed by atoms with van der Waals surface area (Å²) in [5.74, 6) is 0. The second kappa shape index (κ2) is 5.03. The Labute approximate surface area is 113 Å². The van der Waals surface area contributed by atoms with Crippen molar-refractivity contribution < 1.29 is 13.0 Å². The molecule has 0 aliphatic carbocycles. The van der Waals surface area contributed by atoms with E-state index in [0.717, 1.165) is 12.1 Å². The van der Waals surface area contributed by atoms with E-state index < -0.39 is 15.0 Å². The van der Waals surface area contributed by atoms with Gasteiger partial charge in [-0.3, -0.25) is 4.55 Å². The molecule has 14 heavy (non-hydrogen) atoms. The minimum atomic E-state index is -4.34. The third-order valence-electron chi connectivity index (χ3n) is 1.33. The Morgan fingerprint density at radius 3 is 2.14 bits per heavy atom. The fourth-order valence-corrected chi connectivity index (χ4v) is 2.01. The van der Waals surface area contributed by atoms with Crippen molar-refractivity contribution in [3.63, 3.8) is 0 Å². The minimum Gasteiger partial charge on any atom is -0.397 e. The van der Waals surface area contributed by atoms with Gasteiger partial charge in [0.05, 0.1) is 15.7 Å². The smallest absolute Gasteiger partial charge is 0.296 e. The van der Waals surface area contributed by atoms with Crippen molar-refractivity contribution in [1.29, 1.82) is 0 Å². The van der Waals surface area contributed by atoms with Crippen LogP contribution in [0.3, 0.4) is 0 Å². The molecule has 0 aliphatic heterocycles. The largest absolute Gasteiger partial charge is 0.397 e. The van der Waals surface area contributed by atoms with Crippen LogP contribution in [0.25, 0.3) is 0 Å². The number of benzene rings is 1. The third-order valence-corrected chi connectivity index (χ3v) is 2.97. The summed E-state index contributed by atoms with van der Waals surface area (Å²) in [6.45, 7) is 0. The normalized spacial score (nSPS) is 10.8. The van der Waals surface area contributed by atoms with Crippen LogP contribution in [0.2, 0.25) is 10.0 Å². The van der Waals surface area contributed by atoms with Crippen LogP contribution < -0.4 is 5.73 Å². The van der Waals surface area contributed by atoms with Crippen molar-refractivity contribution in [2.24, 2.45) is 0 Å². The molecule has 0 aliphatic rings. The molecule has 0 saturated heterocycles. The molecule has 1 aromatic rings. The number of nitrogen functional groups attached to an aromatic ring is 1. The van der Waals surface area contributed by atoms with Crippen molar-refractivity contribution in [1.82, 2.24) is 0 Å². The van der Waals surface area contributed by atoms with Gasteiger partial charge in [-0.05, 0) is 12.1 Å². The van der Waals surface area contributed by atoms with E-state index in [1.807, 2.05) is 0 Å². The number of rotatable bonds is 1. The predicted molar refractivity (Wildman–Crippen MR) is 56.4 cm³/mol. The molecule has 8 heteroatoms. The van der Waals surface area contributed by atoms with E-state index in [9.17, 15) is 8.42 Å². The van der Waals surface area contributed by atoms with Gasteiger partial charge in [-0.2, -0.15) is 8.42 Å². The van der Waals surface area contributed by atoms with E-state index in [-0.39, 0.29) is 45.3 Å². The van der Waals surface area contributed by atoms with Gasteiger partial charge in [-0.15, -0.1) is 0 Å². The van der Waals surface area contributed by atoms with Gasteiger partial charge in [0.15, 0.2) is 0 Å². The Bertz CT molecular complexity index is 449. The van der Waals surface area contributed by atoms with Crippen LogP contribution in [0, 0.1) is 0 Å². The molecule has 1 aromatic carbocycles. The van der Waals surface area contributed by atoms with Crippen molar-refractivity contribution in [3.8, 4) is 0 Å². The van der Waals surface area contributed by atoms with E-state index in [0.29, 0.717) is 0 Å². The summed E-state index contributed by atoms with van der Waals surface area (Å²) in [6.07, 6.45) is 0. The average Bonchev–Trinajstić information content (AvgIpc) is 1.94. The maximum absolute atomic E-state index is 10.7. The van der Waals surface area contributed by atoms with Crippen molar-refractivity contribution in [2.45, 2.75) is 4.90 Å². The van der Waals surface area contributed by atoms with E-state index in [4.69, 9.17) is 33.5 Å². The Kier molecular flexibility index (Phi) is 5.21. The summed E-state index contributed by atoms with van der Waals surface area (Å²) < 4.78 is 30.1. The molecule has 4 nitrogen and oxygen atoms in total. The molecule has 0 atom stereocenters. The van der Waals surface area contributed by atoms with Crippen LogP contribution in [0.4, 0.5) is 5.69 Å². The molecule has 1 rings (SSSR count). The standard InChI is InChI=1S/C6H5Cl2NO3S.Na/c7-3-2-6(13(10,11)12)4(8)1-5(3)9;/h1-2H,9H2,(H,10,11,12);. The number of hydrogen-bond acceptors (Lipinski definition) is 3. The summed E-state index contributed by atoms with van der Waals surface area (Å²) in [4.78, 5) is -0.451. The molecular formula is C6H5Cl2NNaO3S. The number of hydrogen-bond donors (Lipinski definition) is 2. The topological polar surface area (TPSA) is 80.4 Å². The molecule has 0 saturated carbocycles. The van der Waals surface area contributed by atoms with Gasteiger partial charge in [0.25, 0.3) is 10.1 Å². The van der Waals surface area contributed by atoms with Crippen molar-refractivity contribution >= 4 is 68.6 Å². The summed E-state index contributed by atoms with van der Waals surface area (Å²) in [5.41, 5.74) is 5.49. The number of halogens is 2. The van der Waals surface area contributed by atoms with Gasteiger partial charge < -0.3 is 5.73 Å². The monoisotopic (exact) mass is 264 g/mol. The molecular weight excluding hydrogens is 260 g/mol. The van der Waals surface area contributed by atoms with Gasteiger partial charge in [0.1, 0.15) is 4.90 Å². The zero-order chi connectivity index (χ0) is 10.2. The third kappa shape index (κ3) is 3.27. The minimum absolute atomic E-state index is 0. The first-order valence-corrected chi connectivity index (χ1v) is 5.24. The quantitative estimate of drug-likeness (QED) is 0.457. The Morgan fingerprint density at radius 2 is 1.71 bits per heavy atom. The Hall–Kier alpha value is 0.510. The van der Waals surface area contributed by atoms with Crippen molar-refractivity contribution in [2.75, 3.05) is 5.73 Å².